The molecule has 0 aromatic carbocycles. The standard InChI is InChI=1S/C29H33N7O3S/c30-25-19-2-1-6-31-20(19)11-29(25)4-8-35(9-5-29)26-21(13-37)34-23(12-33-26)40-22-3-7-32-27-24(22)39-14-18-10-28(15-36(18)27)16-38-17-28/h1-3,6-7,12,18,25,37H,4-5,8-11,13-17,30H2/t18-,25+/m0/s1. The fourth-order valence-corrected chi connectivity index (χ4v) is 8.28. The summed E-state index contributed by atoms with van der Waals surface area (Å²) in [6.45, 7) is 4.75. The van der Waals surface area contributed by atoms with Crippen molar-refractivity contribution in [2.45, 2.75) is 54.3 Å². The number of ether oxygens (including phenoxy) is 2. The molecule has 0 unspecified atom stereocenters. The van der Waals surface area contributed by atoms with Crippen molar-refractivity contribution >= 4 is 23.4 Å². The van der Waals surface area contributed by atoms with Gasteiger partial charge in [-0.05, 0) is 48.8 Å². The molecular formula is C29H33N7O3S. The van der Waals surface area contributed by atoms with Crippen LogP contribution in [0.5, 0.6) is 5.75 Å². The van der Waals surface area contributed by atoms with Gasteiger partial charge in [-0.2, -0.15) is 0 Å². The minimum Gasteiger partial charge on any atom is -0.486 e. The molecule has 3 aromatic rings. The first-order chi connectivity index (χ1) is 19.6. The van der Waals surface area contributed by atoms with E-state index in [0.717, 1.165) is 91.5 Å². The van der Waals surface area contributed by atoms with Gasteiger partial charge < -0.3 is 30.1 Å². The van der Waals surface area contributed by atoms with E-state index in [1.54, 1.807) is 6.20 Å². The van der Waals surface area contributed by atoms with E-state index in [4.69, 9.17) is 30.2 Å². The molecule has 3 N–H and O–H groups in total. The topological polar surface area (TPSA) is 123 Å². The fourth-order valence-electron chi connectivity index (χ4n) is 7.42. The van der Waals surface area contributed by atoms with Crippen LogP contribution in [-0.2, 0) is 17.8 Å². The van der Waals surface area contributed by atoms with Gasteiger partial charge in [-0.3, -0.25) is 4.98 Å². The number of pyridine rings is 2. The lowest BCUT2D eigenvalue weighted by Crippen LogP contribution is -2.45. The molecule has 0 radical (unpaired) electrons. The molecule has 11 heteroatoms. The predicted octanol–water partition coefficient (Wildman–Crippen LogP) is 2.74. The maximum atomic E-state index is 10.3. The second-order valence-electron chi connectivity index (χ2n) is 12.0. The van der Waals surface area contributed by atoms with Gasteiger partial charge in [0, 0.05) is 49.2 Å². The molecule has 3 aromatic heterocycles. The first-order valence-corrected chi connectivity index (χ1v) is 14.9. The molecule has 2 spiro atoms. The predicted molar refractivity (Wildman–Crippen MR) is 150 cm³/mol. The Kier molecular flexibility index (Phi) is 5.74. The Morgan fingerprint density at radius 2 is 1.98 bits per heavy atom. The Morgan fingerprint density at radius 3 is 2.75 bits per heavy atom. The van der Waals surface area contributed by atoms with Crippen LogP contribution in [-0.4, -0.2) is 70.5 Å². The monoisotopic (exact) mass is 559 g/mol. The van der Waals surface area contributed by atoms with Gasteiger partial charge in [0.25, 0.3) is 0 Å². The van der Waals surface area contributed by atoms with E-state index < -0.39 is 0 Å². The Labute approximate surface area is 237 Å². The summed E-state index contributed by atoms with van der Waals surface area (Å²) in [5.41, 5.74) is 9.94. The molecule has 2 atom stereocenters. The number of piperidine rings is 1. The van der Waals surface area contributed by atoms with Crippen LogP contribution in [0.4, 0.5) is 11.6 Å². The number of hydrogen-bond acceptors (Lipinski definition) is 11. The molecule has 208 valence electrons. The number of anilines is 2. The fraction of sp³-hybridized carbons (Fsp3) is 0.517. The lowest BCUT2D eigenvalue weighted by atomic mass is 9.73. The highest BCUT2D eigenvalue weighted by Crippen LogP contribution is 2.51. The molecule has 3 fully saturated rings. The zero-order valence-electron chi connectivity index (χ0n) is 22.3. The van der Waals surface area contributed by atoms with E-state index in [9.17, 15) is 5.11 Å². The summed E-state index contributed by atoms with van der Waals surface area (Å²) < 4.78 is 11.8. The van der Waals surface area contributed by atoms with Crippen molar-refractivity contribution in [2.24, 2.45) is 16.6 Å². The summed E-state index contributed by atoms with van der Waals surface area (Å²) in [7, 11) is 0. The first kappa shape index (κ1) is 24.8. The van der Waals surface area contributed by atoms with E-state index >= 15 is 0 Å². The van der Waals surface area contributed by atoms with Gasteiger partial charge >= 0.3 is 0 Å². The van der Waals surface area contributed by atoms with E-state index in [0.29, 0.717) is 18.3 Å². The van der Waals surface area contributed by atoms with Gasteiger partial charge in [-0.1, -0.05) is 17.8 Å². The highest BCUT2D eigenvalue weighted by molar-refractivity contribution is 7.99. The van der Waals surface area contributed by atoms with Gasteiger partial charge in [-0.25, -0.2) is 15.0 Å². The number of nitrogens with two attached hydrogens (primary N) is 1. The second kappa shape index (κ2) is 9.27. The number of aliphatic hydroxyl groups excluding tert-OH is 1. The smallest absolute Gasteiger partial charge is 0.175 e. The van der Waals surface area contributed by atoms with Crippen LogP contribution in [0, 0.1) is 10.8 Å². The molecule has 4 aliphatic heterocycles. The molecule has 3 saturated heterocycles. The van der Waals surface area contributed by atoms with Crippen molar-refractivity contribution in [1.82, 2.24) is 19.9 Å². The van der Waals surface area contributed by atoms with Crippen LogP contribution in [0.25, 0.3) is 0 Å². The zero-order valence-corrected chi connectivity index (χ0v) is 23.1. The van der Waals surface area contributed by atoms with Crippen molar-refractivity contribution in [3.8, 4) is 5.75 Å². The number of aromatic nitrogens is 4. The summed E-state index contributed by atoms with van der Waals surface area (Å²) >= 11 is 1.51. The SMILES string of the molecule is N[C@@H]1c2cccnc2CC12CCN(c1ncc(Sc3ccnc4c3OC[C@@H]3CC5(COC5)CN43)nc1CO)CC2. The van der Waals surface area contributed by atoms with Crippen molar-refractivity contribution < 1.29 is 14.6 Å². The number of fused-ring (bicyclic) bond motifs is 4. The molecular weight excluding hydrogens is 526 g/mol. The van der Waals surface area contributed by atoms with Crippen molar-refractivity contribution in [3.63, 3.8) is 0 Å². The van der Waals surface area contributed by atoms with E-state index in [2.05, 4.69) is 20.9 Å². The second-order valence-corrected chi connectivity index (χ2v) is 13.1. The molecule has 0 amide bonds. The normalized spacial score (nSPS) is 25.4. The maximum absolute atomic E-state index is 10.3. The minimum absolute atomic E-state index is 0.0115. The van der Waals surface area contributed by atoms with Crippen LogP contribution in [0.1, 0.15) is 42.3 Å². The van der Waals surface area contributed by atoms with E-state index in [1.807, 2.05) is 24.5 Å². The molecule has 8 rings (SSSR count). The van der Waals surface area contributed by atoms with Crippen LogP contribution in [0.2, 0.25) is 0 Å². The van der Waals surface area contributed by atoms with Crippen molar-refractivity contribution in [1.29, 1.82) is 0 Å². The number of rotatable bonds is 4. The van der Waals surface area contributed by atoms with Gasteiger partial charge in [0.2, 0.25) is 0 Å². The van der Waals surface area contributed by atoms with Crippen molar-refractivity contribution in [2.75, 3.05) is 49.3 Å². The van der Waals surface area contributed by atoms with Gasteiger partial charge in [0.1, 0.15) is 17.3 Å². The third kappa shape index (κ3) is 3.82. The lowest BCUT2D eigenvalue weighted by molar-refractivity contribution is -0.100. The third-order valence-corrected chi connectivity index (χ3v) is 10.6. The molecule has 10 nitrogen and oxygen atoms in total. The van der Waals surface area contributed by atoms with Gasteiger partial charge in [0.05, 0.1) is 37.0 Å². The molecule has 7 heterocycles. The summed E-state index contributed by atoms with van der Waals surface area (Å²) in [6.07, 6.45) is 9.44. The lowest BCUT2D eigenvalue weighted by Gasteiger charge is -2.42. The molecule has 0 saturated carbocycles. The average Bonchev–Trinajstić information content (AvgIpc) is 3.51. The van der Waals surface area contributed by atoms with Crippen molar-refractivity contribution in [3.05, 3.63) is 53.7 Å². The first-order valence-electron chi connectivity index (χ1n) is 14.1. The average molecular weight is 560 g/mol. The summed E-state index contributed by atoms with van der Waals surface area (Å²) in [6, 6.07) is 6.42. The quantitative estimate of drug-likeness (QED) is 0.491. The van der Waals surface area contributed by atoms with Gasteiger partial charge in [-0.15, -0.1) is 0 Å². The summed E-state index contributed by atoms with van der Waals surface area (Å²) in [5.74, 6) is 2.47. The van der Waals surface area contributed by atoms with Crippen LogP contribution in [0.15, 0.2) is 46.7 Å². The summed E-state index contributed by atoms with van der Waals surface area (Å²) in [5, 5.41) is 11.0. The largest absolute Gasteiger partial charge is 0.486 e. The molecule has 1 aliphatic carbocycles. The number of aliphatic hydroxyl groups is 1. The third-order valence-electron chi connectivity index (χ3n) is 9.64. The highest BCUT2D eigenvalue weighted by Gasteiger charge is 2.52. The Morgan fingerprint density at radius 1 is 1.10 bits per heavy atom. The molecule has 0 bridgehead atoms. The zero-order chi connectivity index (χ0) is 26.9. The maximum Gasteiger partial charge on any atom is 0.175 e. The minimum atomic E-state index is -0.169. The summed E-state index contributed by atoms with van der Waals surface area (Å²) in [4.78, 5) is 24.5. The Balaban J connectivity index is 0.994. The number of nitrogens with zero attached hydrogens (tertiary/aromatic N) is 6. The highest BCUT2D eigenvalue weighted by atomic mass is 32.2. The Hall–Kier alpha value is -2.99. The molecule has 40 heavy (non-hydrogen) atoms. The van der Waals surface area contributed by atoms with Crippen LogP contribution < -0.4 is 20.3 Å². The van der Waals surface area contributed by atoms with E-state index in [-0.39, 0.29) is 23.5 Å². The number of hydrogen-bond donors (Lipinski definition) is 2. The van der Waals surface area contributed by atoms with Crippen LogP contribution in [0.3, 0.4) is 0 Å². The molecule has 5 aliphatic rings. The Bertz CT molecular complexity index is 1460. The van der Waals surface area contributed by atoms with E-state index in [1.165, 1.54) is 17.3 Å². The van der Waals surface area contributed by atoms with Gasteiger partial charge in [0.15, 0.2) is 17.4 Å². The van der Waals surface area contributed by atoms with Crippen LogP contribution >= 0.6 is 11.8 Å².